The van der Waals surface area contributed by atoms with Gasteiger partial charge in [-0.15, -0.1) is 0 Å². The number of thioether (sulfide) groups is 1. The molecular weight excluding hydrogens is 226 g/mol. The highest BCUT2D eigenvalue weighted by Gasteiger charge is 2.01. The Morgan fingerprint density at radius 2 is 2.20 bits per heavy atom. The van der Waals surface area contributed by atoms with E-state index in [2.05, 4.69) is 11.6 Å². The number of hydrogen-bond acceptors (Lipinski definition) is 2. The summed E-state index contributed by atoms with van der Waals surface area (Å²) in [6, 6.07) is 7.86. The third kappa shape index (κ3) is 2.33. The molecule has 0 spiro atoms. The normalized spacial score (nSPS) is 10.5. The average Bonchev–Trinajstić information content (AvgIpc) is 2.18. The summed E-state index contributed by atoms with van der Waals surface area (Å²) in [7, 11) is 0. The van der Waals surface area contributed by atoms with Gasteiger partial charge in [0.25, 0.3) is 0 Å². The first kappa shape index (κ1) is 10.5. The van der Waals surface area contributed by atoms with Crippen LogP contribution in [0, 0.1) is 0 Å². The van der Waals surface area contributed by atoms with E-state index >= 15 is 0 Å². The van der Waals surface area contributed by atoms with E-state index in [1.165, 1.54) is 0 Å². The van der Waals surface area contributed by atoms with Gasteiger partial charge >= 0.3 is 0 Å². The summed E-state index contributed by atoms with van der Waals surface area (Å²) in [5.74, 6) is 0. The van der Waals surface area contributed by atoms with E-state index in [-0.39, 0.29) is 0 Å². The van der Waals surface area contributed by atoms with Crippen molar-refractivity contribution >= 4 is 34.3 Å². The lowest BCUT2D eigenvalue weighted by atomic mass is 10.2. The predicted octanol–water partition coefficient (Wildman–Crippen LogP) is 4.51. The lowest BCUT2D eigenvalue weighted by molar-refractivity contribution is 1.39. The molecule has 0 atom stereocenters. The van der Waals surface area contributed by atoms with E-state index in [1.807, 2.05) is 25.1 Å². The van der Waals surface area contributed by atoms with Gasteiger partial charge in [0.1, 0.15) is 0 Å². The van der Waals surface area contributed by atoms with Crippen LogP contribution in [0.4, 0.5) is 0 Å². The van der Waals surface area contributed by atoms with Gasteiger partial charge in [-0.3, -0.25) is 4.98 Å². The third-order valence-electron chi connectivity index (χ3n) is 1.95. The first-order chi connectivity index (χ1) is 7.16. The fourth-order valence-corrected chi connectivity index (χ4v) is 2.28. The van der Waals surface area contributed by atoms with E-state index in [0.29, 0.717) is 0 Å². The molecule has 2 rings (SSSR count). The molecule has 1 aromatic carbocycles. The number of hydrogen-bond donors (Lipinski definition) is 0. The maximum atomic E-state index is 6.09. The molecular formula is C12H10ClNS. The molecule has 1 heterocycles. The molecule has 15 heavy (non-hydrogen) atoms. The summed E-state index contributed by atoms with van der Waals surface area (Å²) >= 11 is 7.73. The van der Waals surface area contributed by atoms with Crippen LogP contribution >= 0.6 is 23.4 Å². The van der Waals surface area contributed by atoms with Crippen molar-refractivity contribution < 1.29 is 0 Å². The molecule has 0 unspecified atom stereocenters. The number of nitrogens with zero attached hydrogens (tertiary/aromatic N) is 1. The fraction of sp³-hybridized carbons (Fsp3) is 0.0833. The Hall–Kier alpha value is -0.990. The third-order valence-corrected chi connectivity index (χ3v) is 3.12. The highest BCUT2D eigenvalue weighted by atomic mass is 35.5. The molecule has 0 aliphatic carbocycles. The molecule has 0 bridgehead atoms. The highest BCUT2D eigenvalue weighted by molar-refractivity contribution is 8.03. The second-order valence-electron chi connectivity index (χ2n) is 3.28. The van der Waals surface area contributed by atoms with Crippen molar-refractivity contribution in [2.24, 2.45) is 0 Å². The van der Waals surface area contributed by atoms with E-state index in [9.17, 15) is 0 Å². The predicted molar refractivity (Wildman–Crippen MR) is 67.4 cm³/mol. The molecule has 1 aromatic heterocycles. The van der Waals surface area contributed by atoms with Gasteiger partial charge in [-0.2, -0.15) is 0 Å². The van der Waals surface area contributed by atoms with E-state index < -0.39 is 0 Å². The summed E-state index contributed by atoms with van der Waals surface area (Å²) in [6.07, 6.45) is 1.72. The number of rotatable bonds is 2. The van der Waals surface area contributed by atoms with Gasteiger partial charge < -0.3 is 0 Å². The van der Waals surface area contributed by atoms with Crippen LogP contribution in [0.3, 0.4) is 0 Å². The number of aromatic nitrogens is 1. The molecule has 0 saturated heterocycles. The van der Waals surface area contributed by atoms with Gasteiger partial charge in [0.2, 0.25) is 0 Å². The Morgan fingerprint density at radius 1 is 1.40 bits per heavy atom. The van der Waals surface area contributed by atoms with Crippen molar-refractivity contribution in [2.75, 3.05) is 0 Å². The van der Waals surface area contributed by atoms with Crippen LogP contribution in [0.25, 0.3) is 10.9 Å². The van der Waals surface area contributed by atoms with Crippen molar-refractivity contribution in [2.45, 2.75) is 11.8 Å². The van der Waals surface area contributed by atoms with Crippen LogP contribution in [0.2, 0.25) is 5.02 Å². The van der Waals surface area contributed by atoms with Gasteiger partial charge in [0.15, 0.2) is 0 Å². The molecule has 0 aliphatic rings. The summed E-state index contributed by atoms with van der Waals surface area (Å²) in [5.41, 5.74) is 0.925. The number of benzene rings is 1. The molecule has 1 nitrogen and oxygen atoms in total. The van der Waals surface area contributed by atoms with E-state index in [4.69, 9.17) is 11.6 Å². The topological polar surface area (TPSA) is 12.9 Å². The lowest BCUT2D eigenvalue weighted by Gasteiger charge is -2.03. The lowest BCUT2D eigenvalue weighted by Crippen LogP contribution is -1.80. The molecule has 0 N–H and O–H groups in total. The summed E-state index contributed by atoms with van der Waals surface area (Å²) in [4.78, 5) is 6.45. The van der Waals surface area contributed by atoms with Gasteiger partial charge in [-0.25, -0.2) is 0 Å². The van der Waals surface area contributed by atoms with Crippen LogP contribution in [0.1, 0.15) is 6.92 Å². The zero-order chi connectivity index (χ0) is 10.8. The first-order valence-electron chi connectivity index (χ1n) is 4.54. The summed E-state index contributed by atoms with van der Waals surface area (Å²) in [6.45, 7) is 5.85. The van der Waals surface area contributed by atoms with Gasteiger partial charge in [0.05, 0.1) is 10.5 Å². The standard InChI is InChI=1S/C12H10ClNS/c1-8(2)15-9-3-4-12-10(7-9)11(13)5-6-14-12/h3-7H,1H2,2H3. The average molecular weight is 236 g/mol. The first-order valence-corrected chi connectivity index (χ1v) is 5.74. The Bertz CT molecular complexity index is 522. The minimum Gasteiger partial charge on any atom is -0.256 e. The largest absolute Gasteiger partial charge is 0.256 e. The Morgan fingerprint density at radius 3 is 2.93 bits per heavy atom. The van der Waals surface area contributed by atoms with Crippen molar-refractivity contribution in [1.82, 2.24) is 4.98 Å². The monoisotopic (exact) mass is 235 g/mol. The van der Waals surface area contributed by atoms with Gasteiger partial charge in [-0.05, 0) is 36.1 Å². The maximum absolute atomic E-state index is 6.09. The molecule has 76 valence electrons. The number of fused-ring (bicyclic) bond motifs is 1. The van der Waals surface area contributed by atoms with Crippen molar-refractivity contribution in [3.63, 3.8) is 0 Å². The number of allylic oxidation sites excluding steroid dienone is 1. The summed E-state index contributed by atoms with van der Waals surface area (Å²) in [5, 5.41) is 1.73. The van der Waals surface area contributed by atoms with Crippen LogP contribution < -0.4 is 0 Å². The smallest absolute Gasteiger partial charge is 0.0717 e. The van der Waals surface area contributed by atoms with Crippen molar-refractivity contribution in [3.8, 4) is 0 Å². The number of pyridine rings is 1. The zero-order valence-corrected chi connectivity index (χ0v) is 9.90. The van der Waals surface area contributed by atoms with Crippen molar-refractivity contribution in [1.29, 1.82) is 0 Å². The molecule has 0 saturated carbocycles. The Kier molecular flexibility index (Phi) is 2.98. The van der Waals surface area contributed by atoms with Crippen LogP contribution in [-0.2, 0) is 0 Å². The molecule has 0 fully saturated rings. The molecule has 3 heteroatoms. The molecule has 0 aliphatic heterocycles. The van der Waals surface area contributed by atoms with Gasteiger partial charge in [0, 0.05) is 16.5 Å². The van der Waals surface area contributed by atoms with Crippen LogP contribution in [-0.4, -0.2) is 4.98 Å². The van der Waals surface area contributed by atoms with Gasteiger partial charge in [-0.1, -0.05) is 29.9 Å². The highest BCUT2D eigenvalue weighted by Crippen LogP contribution is 2.30. The maximum Gasteiger partial charge on any atom is 0.0717 e. The minimum atomic E-state index is 0.740. The molecule has 0 radical (unpaired) electrons. The fourth-order valence-electron chi connectivity index (χ4n) is 1.36. The number of halogens is 1. The van der Waals surface area contributed by atoms with Crippen LogP contribution in [0.15, 0.2) is 46.8 Å². The van der Waals surface area contributed by atoms with Crippen molar-refractivity contribution in [3.05, 3.63) is 47.0 Å². The van der Waals surface area contributed by atoms with E-state index in [1.54, 1.807) is 24.0 Å². The van der Waals surface area contributed by atoms with Crippen LogP contribution in [0.5, 0.6) is 0 Å². The van der Waals surface area contributed by atoms with E-state index in [0.717, 1.165) is 25.7 Å². The second-order valence-corrected chi connectivity index (χ2v) is 5.06. The Balaban J connectivity index is 2.54. The second kappa shape index (κ2) is 4.25. The SMILES string of the molecule is C=C(C)Sc1ccc2nccc(Cl)c2c1. The zero-order valence-electron chi connectivity index (χ0n) is 8.33. The Labute approximate surface area is 98.2 Å². The molecule has 0 amide bonds. The quantitative estimate of drug-likeness (QED) is 0.711. The molecule has 2 aromatic rings. The summed E-state index contributed by atoms with van der Waals surface area (Å²) < 4.78 is 0. The minimum absolute atomic E-state index is 0.740.